The van der Waals surface area contributed by atoms with Gasteiger partial charge >= 0.3 is 0 Å². The molecule has 1 saturated heterocycles. The molecule has 6 nitrogen and oxygen atoms in total. The topological polar surface area (TPSA) is 68.5 Å². The van der Waals surface area contributed by atoms with Crippen LogP contribution in [-0.4, -0.2) is 40.5 Å². The highest BCUT2D eigenvalue weighted by atomic mass is 35.5. The molecule has 4 rings (SSSR count). The number of nitrogens with zero attached hydrogens (tertiary/aromatic N) is 3. The van der Waals surface area contributed by atoms with Crippen LogP contribution in [0.5, 0.6) is 5.75 Å². The van der Waals surface area contributed by atoms with E-state index in [-0.39, 0.29) is 18.4 Å². The number of carbonyl (C=O) groups is 1. The molecule has 1 amide bonds. The van der Waals surface area contributed by atoms with E-state index >= 15 is 0 Å². The van der Waals surface area contributed by atoms with Gasteiger partial charge in [-0.3, -0.25) is 9.78 Å². The average Bonchev–Trinajstić information content (AvgIpc) is 3.21. The molecule has 0 radical (unpaired) electrons. The number of piperidine rings is 1. The zero-order chi connectivity index (χ0) is 20.1. The number of halogens is 1. The number of aromatic nitrogens is 2. The molecule has 1 aliphatic heterocycles. The average molecular weight is 412 g/mol. The molecule has 0 saturated carbocycles. The lowest BCUT2D eigenvalue weighted by Crippen LogP contribution is -2.41. The first kappa shape index (κ1) is 19.5. The molecule has 0 bridgehead atoms. The molecule has 3 heterocycles. The zero-order valence-electron chi connectivity index (χ0n) is 16.0. The Bertz CT molecular complexity index is 961. The predicted octanol–water partition coefficient (Wildman–Crippen LogP) is 4.10. The van der Waals surface area contributed by atoms with Gasteiger partial charge in [-0.05, 0) is 42.7 Å². The number of ether oxygens (including phenoxy) is 1. The Hall–Kier alpha value is -2.86. The summed E-state index contributed by atoms with van der Waals surface area (Å²) >= 11 is 6.05. The third-order valence-corrected chi connectivity index (χ3v) is 5.19. The standard InChI is InChI=1S/C22H22ClN3O3/c23-18-6-1-4-16(10-18)11-20-13-25-22(29-20)17-5-3-9-26(14-17)21(27)15-28-19-7-2-8-24-12-19/h1-2,4,6-8,10,12-13,17H,3,5,9,11,14-15H2. The van der Waals surface area contributed by atoms with E-state index in [1.807, 2.05) is 29.2 Å². The molecule has 1 fully saturated rings. The van der Waals surface area contributed by atoms with Crippen molar-refractivity contribution in [3.05, 3.63) is 77.2 Å². The summed E-state index contributed by atoms with van der Waals surface area (Å²) in [4.78, 5) is 22.8. The van der Waals surface area contributed by atoms with E-state index in [1.54, 1.807) is 30.7 Å². The van der Waals surface area contributed by atoms with Crippen molar-refractivity contribution in [3.8, 4) is 5.75 Å². The maximum absolute atomic E-state index is 12.5. The van der Waals surface area contributed by atoms with Gasteiger partial charge < -0.3 is 14.1 Å². The Balaban J connectivity index is 1.34. The summed E-state index contributed by atoms with van der Waals surface area (Å²) in [5, 5.41) is 0.706. The van der Waals surface area contributed by atoms with Gasteiger partial charge in [0, 0.05) is 30.7 Å². The van der Waals surface area contributed by atoms with Crippen LogP contribution in [0.25, 0.3) is 0 Å². The number of amides is 1. The summed E-state index contributed by atoms with van der Waals surface area (Å²) in [6.07, 6.45) is 7.53. The van der Waals surface area contributed by atoms with Crippen LogP contribution in [-0.2, 0) is 11.2 Å². The van der Waals surface area contributed by atoms with Gasteiger partial charge in [-0.2, -0.15) is 0 Å². The monoisotopic (exact) mass is 411 g/mol. The summed E-state index contributed by atoms with van der Waals surface area (Å²) in [5.74, 6) is 2.13. The van der Waals surface area contributed by atoms with Gasteiger partial charge in [0.1, 0.15) is 11.5 Å². The van der Waals surface area contributed by atoms with Crippen LogP contribution in [0.15, 0.2) is 59.4 Å². The Labute approximate surface area is 174 Å². The minimum absolute atomic E-state index is 0.00398. The van der Waals surface area contributed by atoms with Gasteiger partial charge in [-0.15, -0.1) is 0 Å². The fraction of sp³-hybridized carbons (Fsp3) is 0.318. The number of likely N-dealkylation sites (tertiary alicyclic amines) is 1. The van der Waals surface area contributed by atoms with Crippen molar-refractivity contribution in [2.24, 2.45) is 0 Å². The van der Waals surface area contributed by atoms with Gasteiger partial charge in [0.15, 0.2) is 12.5 Å². The first-order valence-corrected chi connectivity index (χ1v) is 10.0. The van der Waals surface area contributed by atoms with Crippen molar-refractivity contribution in [1.29, 1.82) is 0 Å². The Morgan fingerprint density at radius 3 is 3.03 bits per heavy atom. The molecule has 29 heavy (non-hydrogen) atoms. The molecule has 0 aliphatic carbocycles. The molecule has 1 atom stereocenters. The second kappa shape index (κ2) is 9.09. The van der Waals surface area contributed by atoms with Crippen molar-refractivity contribution in [2.75, 3.05) is 19.7 Å². The van der Waals surface area contributed by atoms with E-state index in [9.17, 15) is 4.79 Å². The molecular formula is C22H22ClN3O3. The molecule has 1 aromatic carbocycles. The summed E-state index contributed by atoms with van der Waals surface area (Å²) < 4.78 is 11.5. The first-order valence-electron chi connectivity index (χ1n) is 9.67. The zero-order valence-corrected chi connectivity index (χ0v) is 16.7. The van der Waals surface area contributed by atoms with Crippen molar-refractivity contribution < 1.29 is 13.9 Å². The Morgan fingerprint density at radius 1 is 1.28 bits per heavy atom. The highest BCUT2D eigenvalue weighted by molar-refractivity contribution is 6.30. The van der Waals surface area contributed by atoms with E-state index in [4.69, 9.17) is 20.8 Å². The van der Waals surface area contributed by atoms with Crippen LogP contribution in [0.1, 0.15) is 36.0 Å². The van der Waals surface area contributed by atoms with Crippen LogP contribution in [0.2, 0.25) is 5.02 Å². The predicted molar refractivity (Wildman–Crippen MR) is 109 cm³/mol. The second-order valence-corrected chi connectivity index (χ2v) is 7.56. The normalized spacial score (nSPS) is 16.6. The Kier molecular flexibility index (Phi) is 6.10. The van der Waals surface area contributed by atoms with E-state index < -0.39 is 0 Å². The van der Waals surface area contributed by atoms with Crippen molar-refractivity contribution >= 4 is 17.5 Å². The molecular weight excluding hydrogens is 390 g/mol. The molecule has 3 aromatic rings. The number of benzene rings is 1. The maximum Gasteiger partial charge on any atom is 0.260 e. The van der Waals surface area contributed by atoms with Crippen molar-refractivity contribution in [1.82, 2.24) is 14.9 Å². The number of carbonyl (C=O) groups excluding carboxylic acids is 1. The summed E-state index contributed by atoms with van der Waals surface area (Å²) in [7, 11) is 0. The smallest absolute Gasteiger partial charge is 0.260 e. The molecule has 1 unspecified atom stereocenters. The van der Waals surface area contributed by atoms with Crippen molar-refractivity contribution in [3.63, 3.8) is 0 Å². The van der Waals surface area contributed by atoms with E-state index in [2.05, 4.69) is 9.97 Å². The molecule has 150 valence electrons. The third kappa shape index (κ3) is 5.15. The van der Waals surface area contributed by atoms with E-state index in [1.165, 1.54) is 0 Å². The lowest BCUT2D eigenvalue weighted by molar-refractivity contribution is -0.134. The minimum atomic E-state index is -0.0377. The van der Waals surface area contributed by atoms with Gasteiger partial charge in [-0.1, -0.05) is 23.7 Å². The number of rotatable bonds is 6. The molecule has 0 N–H and O–H groups in total. The second-order valence-electron chi connectivity index (χ2n) is 7.13. The molecule has 7 heteroatoms. The lowest BCUT2D eigenvalue weighted by atomic mass is 9.98. The molecule has 0 spiro atoms. The summed E-state index contributed by atoms with van der Waals surface area (Å²) in [5.41, 5.74) is 1.08. The third-order valence-electron chi connectivity index (χ3n) is 4.96. The lowest BCUT2D eigenvalue weighted by Gasteiger charge is -2.31. The first-order chi connectivity index (χ1) is 14.2. The molecule has 1 aliphatic rings. The summed E-state index contributed by atoms with van der Waals surface area (Å²) in [6, 6.07) is 11.3. The van der Waals surface area contributed by atoms with E-state index in [0.29, 0.717) is 29.6 Å². The van der Waals surface area contributed by atoms with Crippen LogP contribution < -0.4 is 4.74 Å². The number of hydrogen-bond donors (Lipinski definition) is 0. The minimum Gasteiger partial charge on any atom is -0.482 e. The van der Waals surface area contributed by atoms with Crippen LogP contribution >= 0.6 is 11.6 Å². The summed E-state index contributed by atoms with van der Waals surface area (Å²) in [6.45, 7) is 1.32. The van der Waals surface area contributed by atoms with Gasteiger partial charge in [0.2, 0.25) is 0 Å². The fourth-order valence-corrected chi connectivity index (χ4v) is 3.73. The fourth-order valence-electron chi connectivity index (χ4n) is 3.52. The highest BCUT2D eigenvalue weighted by Gasteiger charge is 2.28. The number of oxazole rings is 1. The van der Waals surface area contributed by atoms with Gasteiger partial charge in [-0.25, -0.2) is 4.98 Å². The quantitative estimate of drug-likeness (QED) is 0.610. The molecule has 2 aromatic heterocycles. The SMILES string of the molecule is O=C(COc1cccnc1)N1CCCC(c2ncc(Cc3cccc(Cl)c3)o2)C1. The highest BCUT2D eigenvalue weighted by Crippen LogP contribution is 2.27. The van der Waals surface area contributed by atoms with Crippen molar-refractivity contribution in [2.45, 2.75) is 25.2 Å². The number of hydrogen-bond acceptors (Lipinski definition) is 5. The van der Waals surface area contributed by atoms with Crippen LogP contribution in [0.3, 0.4) is 0 Å². The van der Waals surface area contributed by atoms with E-state index in [0.717, 1.165) is 30.7 Å². The largest absolute Gasteiger partial charge is 0.482 e. The van der Waals surface area contributed by atoms with Crippen LogP contribution in [0, 0.1) is 0 Å². The van der Waals surface area contributed by atoms with Crippen LogP contribution in [0.4, 0.5) is 0 Å². The Morgan fingerprint density at radius 2 is 2.21 bits per heavy atom. The van der Waals surface area contributed by atoms with Gasteiger partial charge in [0.05, 0.1) is 18.3 Å². The van der Waals surface area contributed by atoms with Gasteiger partial charge in [0.25, 0.3) is 5.91 Å². The maximum atomic E-state index is 12.5. The number of pyridine rings is 1.